The summed E-state index contributed by atoms with van der Waals surface area (Å²) in [6.07, 6.45) is 32.5. The molecule has 0 radical (unpaired) electrons. The number of benzene rings is 1. The van der Waals surface area contributed by atoms with E-state index in [2.05, 4.69) is 27.7 Å². The van der Waals surface area contributed by atoms with E-state index >= 15 is 0 Å². The average Bonchev–Trinajstić information content (AvgIpc) is 3.04. The number of ether oxygens (including phenoxy) is 2. The fraction of sp³-hybridized carbons (Fsp3) is 0.850. The van der Waals surface area contributed by atoms with Crippen molar-refractivity contribution in [3.8, 4) is 11.5 Å². The maximum Gasteiger partial charge on any atom is 0.127 e. The molecule has 0 saturated heterocycles. The van der Waals surface area contributed by atoms with Gasteiger partial charge in [-0.05, 0) is 38.5 Å². The summed E-state index contributed by atoms with van der Waals surface area (Å²) in [6.45, 7) is 10.6. The van der Waals surface area contributed by atoms with Gasteiger partial charge in [0.2, 0.25) is 0 Å². The first-order valence-electron chi connectivity index (χ1n) is 19.3. The van der Waals surface area contributed by atoms with Crippen LogP contribution in [0.3, 0.4) is 0 Å². The second kappa shape index (κ2) is 29.8. The zero-order valence-corrected chi connectivity index (χ0v) is 31.3. The lowest BCUT2D eigenvalue weighted by atomic mass is 9.90. The van der Waals surface area contributed by atoms with Crippen molar-refractivity contribution in [3.63, 3.8) is 0 Å². The summed E-state index contributed by atoms with van der Waals surface area (Å²) in [5.74, 6) is 3.03. The van der Waals surface area contributed by atoms with Gasteiger partial charge in [0.1, 0.15) is 11.5 Å². The van der Waals surface area contributed by atoms with E-state index in [9.17, 15) is 0 Å². The van der Waals surface area contributed by atoms with Gasteiger partial charge in [-0.2, -0.15) is 0 Å². The Labute approximate surface area is 285 Å². The van der Waals surface area contributed by atoms with Gasteiger partial charge in [-0.25, -0.2) is 0 Å². The molecule has 0 heterocycles. The van der Waals surface area contributed by atoms with Crippen molar-refractivity contribution in [3.05, 3.63) is 22.3 Å². The standard InChI is InChI=1S/C40H72Cl2O2/c1-5-9-13-17-21-25-29-35-37(33-41)40(44-32-28-24-20-16-12-8-4)36(30-26-22-18-14-10-6-2)38(34-42)39(35)43-31-27-23-19-15-11-7-3/h5-34H2,1-4H3. The summed E-state index contributed by atoms with van der Waals surface area (Å²) in [5, 5.41) is 0. The lowest BCUT2D eigenvalue weighted by Crippen LogP contribution is -2.13. The Hall–Kier alpha value is -0.600. The van der Waals surface area contributed by atoms with Gasteiger partial charge in [0, 0.05) is 22.3 Å². The average molecular weight is 656 g/mol. The molecule has 0 saturated carbocycles. The quantitative estimate of drug-likeness (QED) is 0.0568. The molecular weight excluding hydrogens is 583 g/mol. The molecule has 0 atom stereocenters. The predicted octanol–water partition coefficient (Wildman–Crippen LogP) is 14.4. The first kappa shape index (κ1) is 41.4. The Kier molecular flexibility index (Phi) is 28.0. The molecular formula is C40H72Cl2O2. The lowest BCUT2D eigenvalue weighted by Gasteiger charge is -2.26. The van der Waals surface area contributed by atoms with E-state index in [0.29, 0.717) is 11.8 Å². The number of hydrogen-bond donors (Lipinski definition) is 0. The van der Waals surface area contributed by atoms with Gasteiger partial charge < -0.3 is 9.47 Å². The molecule has 0 aliphatic rings. The van der Waals surface area contributed by atoms with Crippen molar-refractivity contribution in [1.82, 2.24) is 0 Å². The van der Waals surface area contributed by atoms with Crippen molar-refractivity contribution >= 4 is 23.2 Å². The summed E-state index contributed by atoms with van der Waals surface area (Å²) in [7, 11) is 0. The van der Waals surface area contributed by atoms with Crippen LogP contribution in [0.25, 0.3) is 0 Å². The molecule has 0 aliphatic carbocycles. The SMILES string of the molecule is CCCCCCCCOc1c(CCl)c(CCCCCCCC)c(OCCCCCCCC)c(CCl)c1CCCCCCCC. The summed E-state index contributed by atoms with van der Waals surface area (Å²) in [4.78, 5) is 0. The van der Waals surface area contributed by atoms with Gasteiger partial charge in [-0.1, -0.05) is 156 Å². The summed E-state index contributed by atoms with van der Waals surface area (Å²) < 4.78 is 13.5. The number of halogens is 2. The minimum atomic E-state index is 0.469. The topological polar surface area (TPSA) is 18.5 Å². The van der Waals surface area contributed by atoms with Crippen LogP contribution in [0.15, 0.2) is 0 Å². The lowest BCUT2D eigenvalue weighted by molar-refractivity contribution is 0.287. The monoisotopic (exact) mass is 654 g/mol. The zero-order valence-electron chi connectivity index (χ0n) is 29.8. The maximum atomic E-state index is 6.84. The number of unbranched alkanes of at least 4 members (excludes halogenated alkanes) is 20. The molecule has 1 rings (SSSR count). The van der Waals surface area contributed by atoms with Gasteiger partial charge in [-0.3, -0.25) is 0 Å². The Morgan fingerprint density at radius 2 is 0.614 bits per heavy atom. The third kappa shape index (κ3) is 17.9. The first-order chi connectivity index (χ1) is 21.7. The third-order valence-electron chi connectivity index (χ3n) is 9.14. The van der Waals surface area contributed by atoms with Crippen LogP contribution >= 0.6 is 23.2 Å². The van der Waals surface area contributed by atoms with Crippen LogP contribution in [0.5, 0.6) is 11.5 Å². The second-order valence-corrected chi connectivity index (χ2v) is 13.6. The minimum absolute atomic E-state index is 0.469. The zero-order chi connectivity index (χ0) is 32.1. The fourth-order valence-corrected chi connectivity index (χ4v) is 6.92. The van der Waals surface area contributed by atoms with Crippen LogP contribution in [0.1, 0.15) is 204 Å². The molecule has 0 aliphatic heterocycles. The molecule has 0 amide bonds. The van der Waals surface area contributed by atoms with Gasteiger partial charge in [0.25, 0.3) is 0 Å². The van der Waals surface area contributed by atoms with Crippen LogP contribution < -0.4 is 9.47 Å². The third-order valence-corrected chi connectivity index (χ3v) is 9.68. The Balaban J connectivity index is 3.27. The van der Waals surface area contributed by atoms with Crippen LogP contribution in [-0.4, -0.2) is 13.2 Å². The minimum Gasteiger partial charge on any atom is -0.493 e. The molecule has 0 bridgehead atoms. The second-order valence-electron chi connectivity index (χ2n) is 13.1. The molecule has 258 valence electrons. The van der Waals surface area contributed by atoms with E-state index in [1.807, 2.05) is 0 Å². The number of hydrogen-bond acceptors (Lipinski definition) is 2. The van der Waals surface area contributed by atoms with Crippen LogP contribution in [0.2, 0.25) is 0 Å². The largest absolute Gasteiger partial charge is 0.493 e. The summed E-state index contributed by atoms with van der Waals surface area (Å²) in [5.41, 5.74) is 4.92. The highest BCUT2D eigenvalue weighted by Crippen LogP contribution is 2.43. The van der Waals surface area contributed by atoms with E-state index < -0.39 is 0 Å². The molecule has 0 spiro atoms. The highest BCUT2D eigenvalue weighted by atomic mass is 35.5. The molecule has 2 nitrogen and oxygen atoms in total. The predicted molar refractivity (Wildman–Crippen MR) is 197 cm³/mol. The molecule has 0 fully saturated rings. The smallest absolute Gasteiger partial charge is 0.127 e. The van der Waals surface area contributed by atoms with E-state index in [0.717, 1.165) is 63.2 Å². The molecule has 0 unspecified atom stereocenters. The van der Waals surface area contributed by atoms with E-state index in [1.165, 1.54) is 151 Å². The van der Waals surface area contributed by atoms with Crippen molar-refractivity contribution < 1.29 is 9.47 Å². The Morgan fingerprint density at radius 1 is 0.341 bits per heavy atom. The van der Waals surface area contributed by atoms with E-state index in [4.69, 9.17) is 32.7 Å². The maximum absolute atomic E-state index is 6.84. The Bertz CT molecular complexity index is 729. The van der Waals surface area contributed by atoms with Crippen LogP contribution in [-0.2, 0) is 24.6 Å². The molecule has 0 aromatic heterocycles. The van der Waals surface area contributed by atoms with Gasteiger partial charge in [-0.15, -0.1) is 23.2 Å². The van der Waals surface area contributed by atoms with Gasteiger partial charge >= 0.3 is 0 Å². The highest BCUT2D eigenvalue weighted by Gasteiger charge is 2.25. The van der Waals surface area contributed by atoms with Crippen LogP contribution in [0.4, 0.5) is 0 Å². The normalized spacial score (nSPS) is 11.4. The highest BCUT2D eigenvalue weighted by molar-refractivity contribution is 6.18. The van der Waals surface area contributed by atoms with Gasteiger partial charge in [0.15, 0.2) is 0 Å². The molecule has 44 heavy (non-hydrogen) atoms. The van der Waals surface area contributed by atoms with Crippen molar-refractivity contribution in [2.45, 2.75) is 206 Å². The summed E-state index contributed by atoms with van der Waals surface area (Å²) >= 11 is 13.7. The Morgan fingerprint density at radius 3 is 0.909 bits per heavy atom. The first-order valence-corrected chi connectivity index (χ1v) is 20.3. The van der Waals surface area contributed by atoms with Gasteiger partial charge in [0.05, 0.1) is 25.0 Å². The van der Waals surface area contributed by atoms with Crippen molar-refractivity contribution in [1.29, 1.82) is 0 Å². The molecule has 0 N–H and O–H groups in total. The molecule has 1 aromatic carbocycles. The molecule has 4 heteroatoms. The molecule has 1 aromatic rings. The summed E-state index contributed by atoms with van der Waals surface area (Å²) in [6, 6.07) is 0. The van der Waals surface area contributed by atoms with Crippen molar-refractivity contribution in [2.24, 2.45) is 0 Å². The number of rotatable bonds is 32. The van der Waals surface area contributed by atoms with E-state index in [1.54, 1.807) is 0 Å². The fourth-order valence-electron chi connectivity index (χ4n) is 6.35. The van der Waals surface area contributed by atoms with Crippen molar-refractivity contribution in [2.75, 3.05) is 13.2 Å². The van der Waals surface area contributed by atoms with E-state index in [-0.39, 0.29) is 0 Å². The van der Waals surface area contributed by atoms with Crippen LogP contribution in [0, 0.1) is 0 Å². The number of alkyl halides is 2.